The topological polar surface area (TPSA) is 94.5 Å². The number of ether oxygens (including phenoxy) is 2. The lowest BCUT2D eigenvalue weighted by Crippen LogP contribution is -2.10. The number of fused-ring (bicyclic) bond motifs is 1. The van der Waals surface area contributed by atoms with E-state index in [1.54, 1.807) is 24.3 Å². The van der Waals surface area contributed by atoms with Crippen molar-refractivity contribution in [3.8, 4) is 22.6 Å². The van der Waals surface area contributed by atoms with Crippen molar-refractivity contribution in [2.75, 3.05) is 7.11 Å². The number of pyridine rings is 1. The Hall–Kier alpha value is -3.98. The second-order valence-electron chi connectivity index (χ2n) is 6.98. The Labute approximate surface area is 190 Å². The Morgan fingerprint density at radius 2 is 1.85 bits per heavy atom. The molecule has 0 saturated heterocycles. The van der Waals surface area contributed by atoms with Gasteiger partial charge in [0.15, 0.2) is 5.82 Å². The molecule has 7 nitrogen and oxygen atoms in total. The lowest BCUT2D eigenvalue weighted by Gasteiger charge is -2.15. The van der Waals surface area contributed by atoms with Crippen LogP contribution in [0.25, 0.3) is 22.0 Å². The van der Waals surface area contributed by atoms with Crippen molar-refractivity contribution in [1.29, 1.82) is 0 Å². The van der Waals surface area contributed by atoms with Gasteiger partial charge >= 0.3 is 5.69 Å². The van der Waals surface area contributed by atoms with Crippen LogP contribution in [0.15, 0.2) is 59.5 Å². The number of benzene rings is 3. The molecule has 3 aromatic carbocycles. The van der Waals surface area contributed by atoms with Crippen LogP contribution in [0.5, 0.6) is 11.5 Å². The zero-order chi connectivity index (χ0) is 23.7. The van der Waals surface area contributed by atoms with Gasteiger partial charge in [-0.15, -0.1) is 0 Å². The van der Waals surface area contributed by atoms with Crippen LogP contribution in [-0.4, -0.2) is 17.0 Å². The highest BCUT2D eigenvalue weighted by Gasteiger charge is 2.25. The monoisotopic (exact) mass is 472 g/mol. The summed E-state index contributed by atoms with van der Waals surface area (Å²) in [5.41, 5.74) is -1.93. The van der Waals surface area contributed by atoms with E-state index in [4.69, 9.17) is 21.1 Å². The summed E-state index contributed by atoms with van der Waals surface area (Å²) >= 11 is 6.24. The predicted octanol–water partition coefficient (Wildman–Crippen LogP) is 5.62. The first-order valence-corrected chi connectivity index (χ1v) is 9.92. The highest BCUT2D eigenvalue weighted by molar-refractivity contribution is 6.34. The minimum Gasteiger partial charge on any atom is -0.497 e. The molecule has 168 valence electrons. The minimum absolute atomic E-state index is 0.0234. The Morgan fingerprint density at radius 3 is 2.52 bits per heavy atom. The van der Waals surface area contributed by atoms with Crippen molar-refractivity contribution in [1.82, 2.24) is 4.98 Å². The van der Waals surface area contributed by atoms with Crippen molar-refractivity contribution in [2.24, 2.45) is 0 Å². The maximum Gasteiger partial charge on any atom is 0.332 e. The molecule has 33 heavy (non-hydrogen) atoms. The smallest absolute Gasteiger partial charge is 0.332 e. The molecule has 1 N–H and O–H groups in total. The van der Waals surface area contributed by atoms with Crippen LogP contribution in [0.3, 0.4) is 0 Å². The van der Waals surface area contributed by atoms with Crippen LogP contribution in [0, 0.1) is 21.7 Å². The van der Waals surface area contributed by atoms with Gasteiger partial charge in [-0.05, 0) is 35.9 Å². The van der Waals surface area contributed by atoms with Gasteiger partial charge in [0.25, 0.3) is 5.43 Å². The molecule has 0 amide bonds. The zero-order valence-corrected chi connectivity index (χ0v) is 17.8. The molecule has 10 heteroatoms. The molecule has 1 heterocycles. The van der Waals surface area contributed by atoms with Crippen LogP contribution >= 0.6 is 11.6 Å². The zero-order valence-electron chi connectivity index (χ0n) is 17.0. The number of halogens is 3. The molecule has 0 fully saturated rings. The molecule has 0 aliphatic heterocycles. The number of nitro groups is 1. The number of nitrogens with one attached hydrogen (secondary N) is 1. The molecular formula is C23H15ClF2N2O5. The number of aromatic nitrogens is 1. The summed E-state index contributed by atoms with van der Waals surface area (Å²) in [5, 5.41) is 10.4. The van der Waals surface area contributed by atoms with Crippen LogP contribution in [0.2, 0.25) is 5.02 Å². The standard InChI is InChI=1S/C23H15ClF2N2O5/c1-32-13-7-5-12(6-8-13)11-33-18-4-2-3-16(25)20(18)19-15(24)9-14-22(21(19)26)27-10-17(23(14)29)28(30)31/h2-10H,11H2,1H3,(H,27,29). The largest absolute Gasteiger partial charge is 0.497 e. The lowest BCUT2D eigenvalue weighted by atomic mass is 10.0. The molecule has 0 atom stereocenters. The van der Waals surface area contributed by atoms with Crippen LogP contribution in [0.4, 0.5) is 14.5 Å². The summed E-state index contributed by atoms with van der Waals surface area (Å²) in [6.45, 7) is 0.0519. The number of hydrogen-bond donors (Lipinski definition) is 1. The predicted molar refractivity (Wildman–Crippen MR) is 119 cm³/mol. The van der Waals surface area contributed by atoms with Crippen LogP contribution in [0.1, 0.15) is 5.56 Å². The molecule has 0 aliphatic rings. The number of aromatic amines is 1. The third-order valence-corrected chi connectivity index (χ3v) is 5.32. The molecule has 0 unspecified atom stereocenters. The van der Waals surface area contributed by atoms with Crippen LogP contribution in [-0.2, 0) is 6.61 Å². The second kappa shape index (κ2) is 8.87. The SMILES string of the molecule is COc1ccc(COc2cccc(F)c2-c2c(Cl)cc3c(=O)c([N+](=O)[O-])c[nH]c3c2F)cc1. The maximum absolute atomic E-state index is 15.5. The molecule has 0 saturated carbocycles. The second-order valence-corrected chi connectivity index (χ2v) is 7.39. The van der Waals surface area contributed by atoms with Gasteiger partial charge in [0.2, 0.25) is 0 Å². The van der Waals surface area contributed by atoms with E-state index in [0.717, 1.165) is 23.9 Å². The van der Waals surface area contributed by atoms with Gasteiger partial charge in [-0.1, -0.05) is 29.8 Å². The fraction of sp³-hybridized carbons (Fsp3) is 0.0870. The van der Waals surface area contributed by atoms with Crippen molar-refractivity contribution >= 4 is 28.2 Å². The van der Waals surface area contributed by atoms with Gasteiger partial charge in [0.1, 0.15) is 23.9 Å². The van der Waals surface area contributed by atoms with E-state index in [9.17, 15) is 19.3 Å². The molecule has 0 spiro atoms. The first-order valence-electron chi connectivity index (χ1n) is 9.54. The normalized spacial score (nSPS) is 10.9. The van der Waals surface area contributed by atoms with E-state index in [1.165, 1.54) is 19.2 Å². The fourth-order valence-corrected chi connectivity index (χ4v) is 3.68. The van der Waals surface area contributed by atoms with E-state index in [2.05, 4.69) is 4.98 Å². The van der Waals surface area contributed by atoms with Gasteiger partial charge in [-0.25, -0.2) is 8.78 Å². The number of methoxy groups -OCH3 is 1. The van der Waals surface area contributed by atoms with E-state index in [0.29, 0.717) is 5.75 Å². The number of rotatable bonds is 6. The number of H-pyrrole nitrogens is 1. The first kappa shape index (κ1) is 22.2. The van der Waals surface area contributed by atoms with Crippen LogP contribution < -0.4 is 14.9 Å². The van der Waals surface area contributed by atoms with E-state index in [1.807, 2.05) is 0 Å². The first-order chi connectivity index (χ1) is 15.8. The van der Waals surface area contributed by atoms with Gasteiger partial charge in [0.05, 0.1) is 39.7 Å². The fourth-order valence-electron chi connectivity index (χ4n) is 3.40. The molecular weight excluding hydrogens is 458 g/mol. The van der Waals surface area contributed by atoms with E-state index in [-0.39, 0.29) is 39.4 Å². The third-order valence-electron chi connectivity index (χ3n) is 5.02. The highest BCUT2D eigenvalue weighted by Crippen LogP contribution is 2.41. The molecule has 0 aliphatic carbocycles. The minimum atomic E-state index is -1.04. The van der Waals surface area contributed by atoms with Gasteiger partial charge in [0, 0.05) is 5.56 Å². The van der Waals surface area contributed by atoms with Gasteiger partial charge in [-0.2, -0.15) is 0 Å². The summed E-state index contributed by atoms with van der Waals surface area (Å²) in [4.78, 5) is 24.9. The van der Waals surface area contributed by atoms with E-state index >= 15 is 4.39 Å². The van der Waals surface area contributed by atoms with Crippen molar-refractivity contribution < 1.29 is 23.2 Å². The average Bonchev–Trinajstić information content (AvgIpc) is 2.80. The summed E-state index contributed by atoms with van der Waals surface area (Å²) in [5.74, 6) is -1.16. The molecule has 1 aromatic heterocycles. The third kappa shape index (κ3) is 4.10. The number of nitrogens with zero attached hydrogens (tertiary/aromatic N) is 1. The van der Waals surface area contributed by atoms with Gasteiger partial charge in [-0.3, -0.25) is 14.9 Å². The maximum atomic E-state index is 15.5. The Bertz CT molecular complexity index is 1440. The quantitative estimate of drug-likeness (QED) is 0.290. The lowest BCUT2D eigenvalue weighted by molar-refractivity contribution is -0.386. The van der Waals surface area contributed by atoms with Crippen molar-refractivity contribution in [3.05, 3.63) is 97.3 Å². The van der Waals surface area contributed by atoms with E-state index < -0.39 is 27.7 Å². The molecule has 0 bridgehead atoms. The van der Waals surface area contributed by atoms with Crippen molar-refractivity contribution in [3.63, 3.8) is 0 Å². The summed E-state index contributed by atoms with van der Waals surface area (Å²) in [7, 11) is 1.54. The Kier molecular flexibility index (Phi) is 5.97. The molecule has 4 aromatic rings. The average molecular weight is 473 g/mol. The van der Waals surface area contributed by atoms with Crippen molar-refractivity contribution in [2.45, 2.75) is 6.61 Å². The number of hydrogen-bond acceptors (Lipinski definition) is 5. The molecule has 0 radical (unpaired) electrons. The van der Waals surface area contributed by atoms with Gasteiger partial charge < -0.3 is 14.5 Å². The highest BCUT2D eigenvalue weighted by atomic mass is 35.5. The molecule has 4 rings (SSSR count). The summed E-state index contributed by atoms with van der Waals surface area (Å²) in [6.07, 6.45) is 0.786. The Balaban J connectivity index is 1.81. The summed E-state index contributed by atoms with van der Waals surface area (Å²) < 4.78 is 41.2. The Morgan fingerprint density at radius 1 is 1.12 bits per heavy atom. The summed E-state index contributed by atoms with van der Waals surface area (Å²) in [6, 6.07) is 12.1.